The number of rotatable bonds is 10. The van der Waals surface area contributed by atoms with E-state index in [0.29, 0.717) is 12.5 Å². The lowest BCUT2D eigenvalue weighted by Crippen LogP contribution is -2.50. The third kappa shape index (κ3) is 5.25. The highest BCUT2D eigenvalue weighted by Gasteiger charge is 2.48. The number of nitrogens with one attached hydrogen (secondary N) is 1. The Labute approximate surface area is 180 Å². The molecule has 0 radical (unpaired) electrons. The summed E-state index contributed by atoms with van der Waals surface area (Å²) in [6.45, 7) is 8.22. The van der Waals surface area contributed by atoms with Crippen LogP contribution in [0, 0.1) is 11.3 Å². The second-order valence-corrected chi connectivity index (χ2v) is 9.38. The van der Waals surface area contributed by atoms with Crippen molar-refractivity contribution in [1.82, 2.24) is 10.2 Å². The summed E-state index contributed by atoms with van der Waals surface area (Å²) in [4.78, 5) is 15.0. The zero-order valence-corrected chi connectivity index (χ0v) is 18.1. The molecule has 2 saturated carbocycles. The fourth-order valence-corrected chi connectivity index (χ4v) is 4.88. The summed E-state index contributed by atoms with van der Waals surface area (Å²) in [7, 11) is 0. The minimum Gasteiger partial charge on any atom is -0.445 e. The van der Waals surface area contributed by atoms with E-state index >= 15 is 0 Å². The van der Waals surface area contributed by atoms with E-state index in [1.165, 1.54) is 24.8 Å². The standard InChI is InChI=1S/C25H36N2O3/c1-2-15-30-24(28)27(23-16-22(23)21-9-4-3-5-10-21)18-25(11-13-26-14-12-25)19-29-17-20-7-6-8-20/h2-5,9-10,20,22-23,26H,1,6-8,11-19H2/t22?,23-/m1/s1. The van der Waals surface area contributed by atoms with Gasteiger partial charge in [-0.1, -0.05) is 49.4 Å². The fraction of sp³-hybridized carbons (Fsp3) is 0.640. The Morgan fingerprint density at radius 2 is 2.00 bits per heavy atom. The van der Waals surface area contributed by atoms with Gasteiger partial charge in [0.05, 0.1) is 6.61 Å². The molecule has 0 aromatic heterocycles. The van der Waals surface area contributed by atoms with E-state index in [4.69, 9.17) is 9.47 Å². The van der Waals surface area contributed by atoms with Gasteiger partial charge in [0.1, 0.15) is 6.61 Å². The fourth-order valence-electron chi connectivity index (χ4n) is 4.88. The van der Waals surface area contributed by atoms with Gasteiger partial charge in [-0.15, -0.1) is 0 Å². The normalized spacial score (nSPS) is 25.2. The summed E-state index contributed by atoms with van der Waals surface area (Å²) < 4.78 is 11.7. The van der Waals surface area contributed by atoms with Crippen molar-refractivity contribution in [3.8, 4) is 0 Å². The van der Waals surface area contributed by atoms with Crippen LogP contribution in [0.4, 0.5) is 4.79 Å². The molecule has 3 fully saturated rings. The second kappa shape index (κ2) is 9.97. The van der Waals surface area contributed by atoms with Crippen LogP contribution in [0.3, 0.4) is 0 Å². The molecule has 1 aromatic rings. The SMILES string of the molecule is C=CCOC(=O)N(CC1(COCC2CCC2)CCNCC1)[C@@H]1CC1c1ccccc1. The van der Waals surface area contributed by atoms with E-state index in [2.05, 4.69) is 36.2 Å². The molecule has 1 aliphatic heterocycles. The lowest BCUT2D eigenvalue weighted by Gasteiger charge is -2.41. The molecule has 164 valence electrons. The van der Waals surface area contributed by atoms with Crippen LogP contribution < -0.4 is 5.32 Å². The number of amides is 1. The summed E-state index contributed by atoms with van der Waals surface area (Å²) in [5.41, 5.74) is 1.32. The van der Waals surface area contributed by atoms with Gasteiger partial charge in [0.15, 0.2) is 0 Å². The molecule has 1 amide bonds. The average molecular weight is 413 g/mol. The van der Waals surface area contributed by atoms with Crippen molar-refractivity contribution in [3.63, 3.8) is 0 Å². The van der Waals surface area contributed by atoms with Crippen molar-refractivity contribution in [2.75, 3.05) is 39.5 Å². The number of ether oxygens (including phenoxy) is 2. The van der Waals surface area contributed by atoms with Crippen molar-refractivity contribution in [2.45, 2.75) is 50.5 Å². The molecular weight excluding hydrogens is 376 g/mol. The van der Waals surface area contributed by atoms with Crippen LogP contribution in [0.25, 0.3) is 0 Å². The Balaban J connectivity index is 1.45. The minimum atomic E-state index is -0.213. The van der Waals surface area contributed by atoms with Crippen molar-refractivity contribution in [1.29, 1.82) is 0 Å². The third-order valence-corrected chi connectivity index (χ3v) is 7.10. The largest absolute Gasteiger partial charge is 0.445 e. The predicted molar refractivity (Wildman–Crippen MR) is 119 cm³/mol. The van der Waals surface area contributed by atoms with E-state index in [1.54, 1.807) is 6.08 Å². The molecule has 0 bridgehead atoms. The highest BCUT2D eigenvalue weighted by atomic mass is 16.6. The number of carbonyl (C=O) groups is 1. The molecule has 1 aromatic carbocycles. The number of nitrogens with zero attached hydrogens (tertiary/aromatic N) is 1. The number of benzene rings is 1. The predicted octanol–water partition coefficient (Wildman–Crippen LogP) is 4.35. The quantitative estimate of drug-likeness (QED) is 0.581. The van der Waals surface area contributed by atoms with E-state index in [-0.39, 0.29) is 24.2 Å². The summed E-state index contributed by atoms with van der Waals surface area (Å²) in [6, 6.07) is 10.7. The highest BCUT2D eigenvalue weighted by molar-refractivity contribution is 5.69. The summed E-state index contributed by atoms with van der Waals surface area (Å²) >= 11 is 0. The first-order chi connectivity index (χ1) is 14.7. The van der Waals surface area contributed by atoms with Crippen molar-refractivity contribution >= 4 is 6.09 Å². The van der Waals surface area contributed by atoms with Crippen molar-refractivity contribution in [2.24, 2.45) is 11.3 Å². The van der Waals surface area contributed by atoms with Gasteiger partial charge in [-0.05, 0) is 56.7 Å². The van der Waals surface area contributed by atoms with E-state index in [9.17, 15) is 4.79 Å². The molecule has 0 spiro atoms. The smallest absolute Gasteiger partial charge is 0.410 e. The summed E-state index contributed by atoms with van der Waals surface area (Å²) in [5.74, 6) is 1.14. The van der Waals surface area contributed by atoms with Gasteiger partial charge in [0.25, 0.3) is 0 Å². The van der Waals surface area contributed by atoms with Crippen LogP contribution in [0.1, 0.15) is 50.0 Å². The van der Waals surface area contributed by atoms with Gasteiger partial charge in [-0.3, -0.25) is 0 Å². The Kier molecular flexibility index (Phi) is 7.11. The van der Waals surface area contributed by atoms with Crippen molar-refractivity contribution < 1.29 is 14.3 Å². The number of piperidine rings is 1. The Morgan fingerprint density at radius 3 is 2.67 bits per heavy atom. The first kappa shape index (κ1) is 21.4. The topological polar surface area (TPSA) is 50.8 Å². The van der Waals surface area contributed by atoms with Gasteiger partial charge < -0.3 is 19.7 Å². The lowest BCUT2D eigenvalue weighted by atomic mass is 9.79. The lowest BCUT2D eigenvalue weighted by molar-refractivity contribution is -0.0215. The molecular formula is C25H36N2O3. The molecule has 1 heterocycles. The monoisotopic (exact) mass is 412 g/mol. The summed E-state index contributed by atoms with van der Waals surface area (Å²) in [5, 5.41) is 3.47. The molecule has 1 N–H and O–H groups in total. The second-order valence-electron chi connectivity index (χ2n) is 9.38. The van der Waals surface area contributed by atoms with Gasteiger partial charge in [-0.25, -0.2) is 4.79 Å². The van der Waals surface area contributed by atoms with Crippen LogP contribution in [0.5, 0.6) is 0 Å². The molecule has 1 saturated heterocycles. The molecule has 3 aliphatic rings. The van der Waals surface area contributed by atoms with Crippen LogP contribution in [0.15, 0.2) is 43.0 Å². The van der Waals surface area contributed by atoms with E-state index in [1.807, 2.05) is 11.0 Å². The summed E-state index contributed by atoms with van der Waals surface area (Å²) in [6.07, 6.45) is 8.44. The maximum atomic E-state index is 13.0. The van der Waals surface area contributed by atoms with Crippen LogP contribution in [0.2, 0.25) is 0 Å². The third-order valence-electron chi connectivity index (χ3n) is 7.10. The molecule has 4 rings (SSSR count). The van der Waals surface area contributed by atoms with Crippen molar-refractivity contribution in [3.05, 3.63) is 48.6 Å². The first-order valence-electron chi connectivity index (χ1n) is 11.6. The maximum absolute atomic E-state index is 13.0. The maximum Gasteiger partial charge on any atom is 0.410 e. The highest BCUT2D eigenvalue weighted by Crippen LogP contribution is 2.46. The number of carbonyl (C=O) groups excluding carboxylic acids is 1. The van der Waals surface area contributed by atoms with Gasteiger partial charge in [0.2, 0.25) is 0 Å². The molecule has 2 aliphatic carbocycles. The number of hydrogen-bond donors (Lipinski definition) is 1. The zero-order valence-electron chi connectivity index (χ0n) is 18.1. The Bertz CT molecular complexity index is 698. The van der Waals surface area contributed by atoms with Crippen LogP contribution in [-0.4, -0.2) is 56.5 Å². The van der Waals surface area contributed by atoms with Gasteiger partial charge in [-0.2, -0.15) is 0 Å². The first-order valence-corrected chi connectivity index (χ1v) is 11.6. The average Bonchev–Trinajstić information content (AvgIpc) is 3.54. The zero-order chi connectivity index (χ0) is 20.8. The van der Waals surface area contributed by atoms with Crippen LogP contribution in [-0.2, 0) is 9.47 Å². The molecule has 5 heteroatoms. The Hall–Kier alpha value is -1.85. The minimum absolute atomic E-state index is 0.00598. The molecule has 2 atom stereocenters. The molecule has 5 nitrogen and oxygen atoms in total. The molecule has 30 heavy (non-hydrogen) atoms. The number of hydrogen-bond acceptors (Lipinski definition) is 4. The Morgan fingerprint density at radius 1 is 1.23 bits per heavy atom. The van der Waals surface area contributed by atoms with E-state index < -0.39 is 0 Å². The van der Waals surface area contributed by atoms with Gasteiger partial charge in [0, 0.05) is 30.5 Å². The van der Waals surface area contributed by atoms with Gasteiger partial charge >= 0.3 is 6.09 Å². The van der Waals surface area contributed by atoms with Crippen LogP contribution >= 0.6 is 0 Å². The molecule has 1 unspecified atom stereocenters. The van der Waals surface area contributed by atoms with E-state index in [0.717, 1.165) is 51.5 Å².